The molecule has 2 heteroatoms. The smallest absolute Gasteiger partial charge is 0.0596 e. The first kappa shape index (κ1) is 8.06. The summed E-state index contributed by atoms with van der Waals surface area (Å²) in [6.45, 7) is 1.01. The Balaban J connectivity index is 1.47. The quantitative estimate of drug-likeness (QED) is 0.660. The van der Waals surface area contributed by atoms with E-state index in [-0.39, 0.29) is 0 Å². The van der Waals surface area contributed by atoms with Crippen molar-refractivity contribution < 1.29 is 4.74 Å². The maximum Gasteiger partial charge on any atom is 0.0596 e. The Hall–Kier alpha value is 0.440. The highest BCUT2D eigenvalue weighted by atomic mass is 79.9. The molecule has 0 radical (unpaired) electrons. The zero-order valence-electron chi connectivity index (χ0n) is 6.76. The van der Waals surface area contributed by atoms with Crippen molar-refractivity contribution in [3.8, 4) is 0 Å². The average molecular weight is 219 g/mol. The lowest BCUT2D eigenvalue weighted by molar-refractivity contribution is 0.00451. The van der Waals surface area contributed by atoms with Gasteiger partial charge in [0.1, 0.15) is 0 Å². The number of hydrogen-bond acceptors (Lipinski definition) is 1. The summed E-state index contributed by atoms with van der Waals surface area (Å²) in [5.74, 6) is 1.02. The molecule has 0 aliphatic heterocycles. The fourth-order valence-electron chi connectivity index (χ4n) is 1.45. The lowest BCUT2D eigenvalue weighted by atomic mass is 9.96. The van der Waals surface area contributed by atoms with Crippen molar-refractivity contribution >= 4 is 15.9 Å². The lowest BCUT2D eigenvalue weighted by Crippen LogP contribution is -2.31. The van der Waals surface area contributed by atoms with Crippen LogP contribution >= 0.6 is 15.9 Å². The second-order valence-electron chi connectivity index (χ2n) is 3.79. The molecule has 0 N–H and O–H groups in total. The van der Waals surface area contributed by atoms with Gasteiger partial charge in [0.2, 0.25) is 0 Å². The number of hydrogen-bond donors (Lipinski definition) is 0. The number of ether oxygens (including phenoxy) is 1. The first-order valence-electron chi connectivity index (χ1n) is 4.60. The summed E-state index contributed by atoms with van der Waals surface area (Å²) in [7, 11) is 0. The van der Waals surface area contributed by atoms with Gasteiger partial charge in [-0.1, -0.05) is 28.8 Å². The van der Waals surface area contributed by atoms with Gasteiger partial charge in [-0.25, -0.2) is 0 Å². The molecule has 0 aromatic carbocycles. The molecular weight excluding hydrogens is 204 g/mol. The summed E-state index contributed by atoms with van der Waals surface area (Å²) < 4.78 is 5.67. The van der Waals surface area contributed by atoms with Gasteiger partial charge in [0.15, 0.2) is 0 Å². The molecule has 0 bridgehead atoms. The van der Waals surface area contributed by atoms with Crippen LogP contribution in [0.1, 0.15) is 32.1 Å². The summed E-state index contributed by atoms with van der Waals surface area (Å²) in [6, 6.07) is 0. The first-order chi connectivity index (χ1) is 5.34. The minimum Gasteiger partial charge on any atom is -0.378 e. The molecule has 2 aliphatic rings. The third-order valence-corrected chi connectivity index (χ3v) is 3.36. The third-order valence-electron chi connectivity index (χ3n) is 2.61. The van der Waals surface area contributed by atoms with Crippen molar-refractivity contribution in [2.75, 3.05) is 6.61 Å². The monoisotopic (exact) mass is 218 g/mol. The molecule has 1 nitrogen and oxygen atoms in total. The maximum atomic E-state index is 5.67. The van der Waals surface area contributed by atoms with Crippen LogP contribution in [0.15, 0.2) is 0 Å². The van der Waals surface area contributed by atoms with Crippen LogP contribution in [0.4, 0.5) is 0 Å². The molecule has 0 spiro atoms. The van der Waals surface area contributed by atoms with Crippen molar-refractivity contribution in [2.45, 2.75) is 43.0 Å². The predicted molar refractivity (Wildman–Crippen MR) is 49.0 cm³/mol. The van der Waals surface area contributed by atoms with E-state index in [1.165, 1.54) is 32.1 Å². The Morgan fingerprint density at radius 2 is 2.00 bits per heavy atom. The predicted octanol–water partition coefficient (Wildman–Crippen LogP) is 2.73. The van der Waals surface area contributed by atoms with E-state index in [2.05, 4.69) is 15.9 Å². The van der Waals surface area contributed by atoms with E-state index >= 15 is 0 Å². The van der Waals surface area contributed by atoms with E-state index in [1.54, 1.807) is 0 Å². The molecule has 2 rings (SSSR count). The van der Waals surface area contributed by atoms with E-state index < -0.39 is 0 Å². The fourth-order valence-corrected chi connectivity index (χ4v) is 2.28. The van der Waals surface area contributed by atoms with Crippen LogP contribution < -0.4 is 0 Å². The van der Waals surface area contributed by atoms with E-state index in [1.807, 2.05) is 0 Å². The SMILES string of the molecule is BrC1CC(OCCC2CC2)C1. The zero-order chi connectivity index (χ0) is 7.68. The Morgan fingerprint density at radius 3 is 2.55 bits per heavy atom. The van der Waals surface area contributed by atoms with Crippen molar-refractivity contribution in [1.82, 2.24) is 0 Å². The largest absolute Gasteiger partial charge is 0.378 e. The van der Waals surface area contributed by atoms with Crippen LogP contribution in [0.2, 0.25) is 0 Å². The molecule has 0 unspecified atom stereocenters. The zero-order valence-corrected chi connectivity index (χ0v) is 8.35. The fraction of sp³-hybridized carbons (Fsp3) is 1.00. The summed E-state index contributed by atoms with van der Waals surface area (Å²) in [4.78, 5) is 0.744. The molecule has 11 heavy (non-hydrogen) atoms. The normalized spacial score (nSPS) is 36.8. The molecule has 0 heterocycles. The van der Waals surface area contributed by atoms with Gasteiger partial charge in [-0.3, -0.25) is 0 Å². The Morgan fingerprint density at radius 1 is 1.27 bits per heavy atom. The van der Waals surface area contributed by atoms with Crippen LogP contribution in [0.25, 0.3) is 0 Å². The van der Waals surface area contributed by atoms with Gasteiger partial charge in [0.25, 0.3) is 0 Å². The Labute approximate surface area is 76.6 Å². The van der Waals surface area contributed by atoms with Crippen molar-refractivity contribution in [3.05, 3.63) is 0 Å². The molecule has 64 valence electrons. The highest BCUT2D eigenvalue weighted by Gasteiger charge is 2.28. The second kappa shape index (κ2) is 3.44. The van der Waals surface area contributed by atoms with E-state index in [0.717, 1.165) is 17.4 Å². The van der Waals surface area contributed by atoms with Crippen molar-refractivity contribution in [2.24, 2.45) is 5.92 Å². The minimum atomic E-state index is 0.582. The van der Waals surface area contributed by atoms with E-state index in [9.17, 15) is 0 Å². The number of alkyl halides is 1. The average Bonchev–Trinajstić information content (AvgIpc) is 2.67. The number of halogens is 1. The minimum absolute atomic E-state index is 0.582. The van der Waals surface area contributed by atoms with Gasteiger partial charge in [0, 0.05) is 11.4 Å². The molecular formula is C9H15BrO. The van der Waals surface area contributed by atoms with Crippen molar-refractivity contribution in [3.63, 3.8) is 0 Å². The van der Waals surface area contributed by atoms with Crippen LogP contribution in [0, 0.1) is 5.92 Å². The third kappa shape index (κ3) is 2.45. The second-order valence-corrected chi connectivity index (χ2v) is 5.09. The molecule has 0 aromatic heterocycles. The summed E-state index contributed by atoms with van der Waals surface area (Å²) in [5, 5.41) is 0. The standard InChI is InChI=1S/C9H15BrO/c10-8-5-9(6-8)11-4-3-7-1-2-7/h7-9H,1-6H2. The van der Waals surface area contributed by atoms with Crippen LogP contribution in [-0.4, -0.2) is 17.5 Å². The molecule has 2 fully saturated rings. The highest BCUT2D eigenvalue weighted by molar-refractivity contribution is 9.09. The lowest BCUT2D eigenvalue weighted by Gasteiger charge is -2.31. The van der Waals surface area contributed by atoms with Crippen LogP contribution in [0.5, 0.6) is 0 Å². The van der Waals surface area contributed by atoms with Gasteiger partial charge in [-0.05, 0) is 25.2 Å². The molecule has 0 amide bonds. The van der Waals surface area contributed by atoms with Crippen molar-refractivity contribution in [1.29, 1.82) is 0 Å². The van der Waals surface area contributed by atoms with Crippen LogP contribution in [-0.2, 0) is 4.74 Å². The summed E-state index contributed by atoms with van der Waals surface area (Å²) in [5.41, 5.74) is 0. The highest BCUT2D eigenvalue weighted by Crippen LogP contribution is 2.34. The topological polar surface area (TPSA) is 9.23 Å². The Kier molecular flexibility index (Phi) is 2.52. The van der Waals surface area contributed by atoms with Gasteiger partial charge in [-0.2, -0.15) is 0 Å². The first-order valence-corrected chi connectivity index (χ1v) is 5.52. The summed E-state index contributed by atoms with van der Waals surface area (Å²) in [6.07, 6.45) is 7.25. The van der Waals surface area contributed by atoms with E-state index in [0.29, 0.717) is 6.10 Å². The van der Waals surface area contributed by atoms with E-state index in [4.69, 9.17) is 4.74 Å². The van der Waals surface area contributed by atoms with Gasteiger partial charge in [-0.15, -0.1) is 0 Å². The number of rotatable bonds is 4. The molecule has 0 atom stereocenters. The summed E-state index contributed by atoms with van der Waals surface area (Å²) >= 11 is 3.55. The maximum absolute atomic E-state index is 5.67. The molecule has 2 aliphatic carbocycles. The van der Waals surface area contributed by atoms with Gasteiger partial charge >= 0.3 is 0 Å². The molecule has 0 saturated heterocycles. The van der Waals surface area contributed by atoms with Gasteiger partial charge in [0.05, 0.1) is 6.10 Å². The van der Waals surface area contributed by atoms with Crippen LogP contribution in [0.3, 0.4) is 0 Å². The van der Waals surface area contributed by atoms with Gasteiger partial charge < -0.3 is 4.74 Å². The molecule has 0 aromatic rings. The Bertz CT molecular complexity index is 128. The molecule has 2 saturated carbocycles.